The molecule has 1 aromatic rings. The van der Waals surface area contributed by atoms with Gasteiger partial charge in [0.2, 0.25) is 16.9 Å². The largest absolute Gasteiger partial charge is 0.444 e. The molecule has 0 aliphatic carbocycles. The van der Waals surface area contributed by atoms with Crippen molar-refractivity contribution in [3.63, 3.8) is 0 Å². The van der Waals surface area contributed by atoms with E-state index >= 15 is 0 Å². The molecule has 0 radical (unpaired) electrons. The first kappa shape index (κ1) is 30.9. The van der Waals surface area contributed by atoms with Crippen molar-refractivity contribution in [1.82, 2.24) is 20.2 Å². The van der Waals surface area contributed by atoms with Crippen LogP contribution in [0.1, 0.15) is 53.7 Å². The van der Waals surface area contributed by atoms with E-state index in [9.17, 15) is 24.0 Å². The van der Waals surface area contributed by atoms with E-state index in [4.69, 9.17) is 20.9 Å². The van der Waals surface area contributed by atoms with Crippen molar-refractivity contribution in [3.8, 4) is 0 Å². The summed E-state index contributed by atoms with van der Waals surface area (Å²) in [7, 11) is 0. The second-order valence-corrected chi connectivity index (χ2v) is 10.9. The van der Waals surface area contributed by atoms with Gasteiger partial charge in [-0.05, 0) is 41.5 Å². The molecule has 36 heavy (non-hydrogen) atoms. The van der Waals surface area contributed by atoms with Crippen molar-refractivity contribution in [2.24, 2.45) is 11.5 Å². The van der Waals surface area contributed by atoms with E-state index in [-0.39, 0.29) is 25.1 Å². The number of primary amides is 1. The van der Waals surface area contributed by atoms with Gasteiger partial charge in [0.05, 0.1) is 11.7 Å². The summed E-state index contributed by atoms with van der Waals surface area (Å²) in [6, 6.07) is -2.15. The van der Waals surface area contributed by atoms with Crippen LogP contribution in [0.3, 0.4) is 0 Å². The van der Waals surface area contributed by atoms with Gasteiger partial charge < -0.3 is 31.6 Å². The fourth-order valence-electron chi connectivity index (χ4n) is 2.56. The number of carbonyl (C=O) groups excluding carboxylic acids is 5. The average molecular weight is 529 g/mol. The number of hydrogen-bond donors (Lipinski definition) is 4. The number of carbonyl (C=O) groups is 5. The Morgan fingerprint density at radius 3 is 2.25 bits per heavy atom. The van der Waals surface area contributed by atoms with Crippen LogP contribution in [0.15, 0.2) is 12.5 Å². The number of nitrogens with two attached hydrogens (primary N) is 2. The molecule has 2 atom stereocenters. The lowest BCUT2D eigenvalue weighted by Crippen LogP contribution is -2.44. The lowest BCUT2D eigenvalue weighted by Gasteiger charge is -2.22. The quantitative estimate of drug-likeness (QED) is 0.335. The predicted molar refractivity (Wildman–Crippen MR) is 133 cm³/mol. The van der Waals surface area contributed by atoms with Gasteiger partial charge in [-0.2, -0.15) is 0 Å². The van der Waals surface area contributed by atoms with Gasteiger partial charge in [-0.15, -0.1) is 0 Å². The maximum Gasteiger partial charge on any atom is 0.420 e. The predicted octanol–water partition coefficient (Wildman–Crippen LogP) is 0.681. The van der Waals surface area contributed by atoms with E-state index in [2.05, 4.69) is 15.6 Å². The summed E-state index contributed by atoms with van der Waals surface area (Å²) in [5, 5.41) is 4.55. The Balaban J connectivity index is 2.91. The fraction of sp³-hybridized carbons (Fsp3) is 0.636. The van der Waals surface area contributed by atoms with Gasteiger partial charge in [-0.3, -0.25) is 14.4 Å². The molecular formula is C22H36N6O7S. The third-order valence-corrected chi connectivity index (χ3v) is 5.22. The van der Waals surface area contributed by atoms with Crippen LogP contribution in [0.5, 0.6) is 0 Å². The van der Waals surface area contributed by atoms with Crippen LogP contribution >= 0.6 is 11.8 Å². The first-order chi connectivity index (χ1) is 16.5. The lowest BCUT2D eigenvalue weighted by molar-refractivity contribution is -0.124. The molecular weight excluding hydrogens is 492 g/mol. The highest BCUT2D eigenvalue weighted by Gasteiger charge is 2.27. The Morgan fingerprint density at radius 2 is 1.69 bits per heavy atom. The van der Waals surface area contributed by atoms with Crippen molar-refractivity contribution in [1.29, 1.82) is 0 Å². The normalized spacial score (nSPS) is 13.3. The summed E-state index contributed by atoms with van der Waals surface area (Å²) in [4.78, 5) is 64.8. The molecule has 0 bridgehead atoms. The first-order valence-corrected chi connectivity index (χ1v) is 12.2. The van der Waals surface area contributed by atoms with Gasteiger partial charge in [0, 0.05) is 31.3 Å². The maximum atomic E-state index is 12.9. The number of alkyl carbamates (subject to hydrolysis) is 1. The molecule has 0 aliphatic heterocycles. The number of ether oxygens (including phenoxy) is 2. The van der Waals surface area contributed by atoms with Crippen molar-refractivity contribution in [3.05, 3.63) is 18.2 Å². The number of nitrogens with zero attached hydrogens (tertiary/aromatic N) is 2. The number of thioether (sulfide) groups is 1. The summed E-state index contributed by atoms with van der Waals surface area (Å²) < 4.78 is 11.6. The van der Waals surface area contributed by atoms with Gasteiger partial charge in [0.25, 0.3) is 0 Å². The Kier molecular flexibility index (Phi) is 11.4. The topological polar surface area (TPSA) is 198 Å². The third kappa shape index (κ3) is 12.0. The Hall–Kier alpha value is -3.13. The molecule has 0 saturated carbocycles. The Labute approximate surface area is 214 Å². The molecule has 3 amide bonds. The lowest BCUT2D eigenvalue weighted by atomic mass is 10.1. The second-order valence-electron chi connectivity index (χ2n) is 9.88. The average Bonchev–Trinajstić information content (AvgIpc) is 3.16. The second kappa shape index (κ2) is 13.3. The summed E-state index contributed by atoms with van der Waals surface area (Å²) in [5.41, 5.74) is 9.61. The number of hydrogen-bond acceptors (Lipinski definition) is 10. The van der Waals surface area contributed by atoms with Crippen molar-refractivity contribution in [2.75, 3.05) is 12.3 Å². The van der Waals surface area contributed by atoms with Gasteiger partial charge in [-0.1, -0.05) is 11.8 Å². The van der Waals surface area contributed by atoms with Crippen LogP contribution < -0.4 is 22.1 Å². The van der Waals surface area contributed by atoms with E-state index in [1.807, 2.05) is 0 Å². The molecule has 0 unspecified atom stereocenters. The van der Waals surface area contributed by atoms with E-state index in [1.54, 1.807) is 41.5 Å². The molecule has 0 fully saturated rings. The van der Waals surface area contributed by atoms with Crippen LogP contribution in [0.2, 0.25) is 0 Å². The number of amides is 3. The SMILES string of the molecule is CC(C)(C)OC(=O)NCCC(=O)N[C@@H](Cc1cncn1C(=O)OC(C)(C)C)C(=O)SC[C@H](N)C(N)=O. The smallest absolute Gasteiger partial charge is 0.420 e. The van der Waals surface area contributed by atoms with Crippen LogP contribution in [-0.4, -0.2) is 74.3 Å². The maximum absolute atomic E-state index is 12.9. The zero-order chi connectivity index (χ0) is 27.7. The minimum Gasteiger partial charge on any atom is -0.444 e. The minimum atomic E-state index is -1.10. The van der Waals surface area contributed by atoms with E-state index in [0.29, 0.717) is 5.69 Å². The molecule has 1 rings (SSSR count). The van der Waals surface area contributed by atoms with Gasteiger partial charge >= 0.3 is 12.2 Å². The van der Waals surface area contributed by atoms with Crippen molar-refractivity contribution < 1.29 is 33.4 Å². The molecule has 0 aliphatic rings. The Bertz CT molecular complexity index is 951. The molecule has 14 heteroatoms. The van der Waals surface area contributed by atoms with Crippen LogP contribution in [0.25, 0.3) is 0 Å². The van der Waals surface area contributed by atoms with E-state index in [0.717, 1.165) is 16.3 Å². The van der Waals surface area contributed by atoms with Gasteiger partial charge in [0.15, 0.2) is 0 Å². The molecule has 1 heterocycles. The molecule has 0 saturated heterocycles. The third-order valence-electron chi connectivity index (χ3n) is 4.13. The molecule has 0 spiro atoms. The van der Waals surface area contributed by atoms with E-state index < -0.39 is 52.4 Å². The highest BCUT2D eigenvalue weighted by molar-refractivity contribution is 8.13. The standard InChI is InChI=1S/C22H36N6O7S/c1-21(2,3)34-19(32)26-8-7-16(29)27-15(18(31)36-11-14(23)17(24)30)9-13-10-25-12-28(13)20(33)35-22(4,5)6/h10,12,14-15H,7-9,11,23H2,1-6H3,(H2,24,30)(H,26,32)(H,27,29)/t14-,15-/m0/s1. The highest BCUT2D eigenvalue weighted by atomic mass is 32.2. The monoisotopic (exact) mass is 528 g/mol. The van der Waals surface area contributed by atoms with Crippen LogP contribution in [0.4, 0.5) is 9.59 Å². The van der Waals surface area contributed by atoms with Crippen LogP contribution in [-0.2, 0) is 30.3 Å². The summed E-state index contributed by atoms with van der Waals surface area (Å²) in [6.07, 6.45) is 1.01. The molecule has 202 valence electrons. The van der Waals surface area contributed by atoms with Crippen LogP contribution in [0, 0.1) is 0 Å². The number of nitrogens with one attached hydrogen (secondary N) is 2. The molecule has 13 nitrogen and oxygen atoms in total. The summed E-state index contributed by atoms with van der Waals surface area (Å²) in [6.45, 7) is 10.2. The number of imidazole rings is 1. The molecule has 0 aromatic carbocycles. The molecule has 6 N–H and O–H groups in total. The minimum absolute atomic E-state index is 0.0306. The van der Waals surface area contributed by atoms with E-state index in [1.165, 1.54) is 12.5 Å². The highest BCUT2D eigenvalue weighted by Crippen LogP contribution is 2.15. The Morgan fingerprint density at radius 1 is 1.08 bits per heavy atom. The zero-order valence-electron chi connectivity index (χ0n) is 21.5. The van der Waals surface area contributed by atoms with Crippen molar-refractivity contribution in [2.45, 2.75) is 77.7 Å². The fourth-order valence-corrected chi connectivity index (χ4v) is 3.42. The first-order valence-electron chi connectivity index (χ1n) is 11.2. The molecule has 1 aromatic heterocycles. The summed E-state index contributed by atoms with van der Waals surface area (Å²) >= 11 is 0.729. The van der Waals surface area contributed by atoms with Gasteiger partial charge in [0.1, 0.15) is 23.6 Å². The number of rotatable bonds is 10. The van der Waals surface area contributed by atoms with Gasteiger partial charge in [-0.25, -0.2) is 19.1 Å². The summed E-state index contributed by atoms with van der Waals surface area (Å²) in [5.74, 6) is -1.40. The number of aromatic nitrogens is 2. The van der Waals surface area contributed by atoms with Crippen molar-refractivity contribution >= 4 is 40.9 Å². The zero-order valence-corrected chi connectivity index (χ0v) is 22.3.